The van der Waals surface area contributed by atoms with Crippen molar-refractivity contribution in [1.29, 1.82) is 0 Å². The summed E-state index contributed by atoms with van der Waals surface area (Å²) in [5.74, 6) is 1.11. The number of anilines is 1. The molecule has 33 heavy (non-hydrogen) atoms. The summed E-state index contributed by atoms with van der Waals surface area (Å²) in [6.07, 6.45) is 6.78. The lowest BCUT2D eigenvalue weighted by Gasteiger charge is -2.34. The van der Waals surface area contributed by atoms with E-state index >= 15 is 0 Å². The van der Waals surface area contributed by atoms with Gasteiger partial charge in [0.15, 0.2) is 11.5 Å². The molecule has 0 spiro atoms. The van der Waals surface area contributed by atoms with E-state index in [1.807, 2.05) is 18.2 Å². The zero-order valence-electron chi connectivity index (χ0n) is 19.6. The lowest BCUT2D eigenvalue weighted by atomic mass is 9.97. The maximum atomic E-state index is 12.9. The van der Waals surface area contributed by atoms with Crippen LogP contribution in [0, 0.1) is 5.92 Å². The average Bonchev–Trinajstić information content (AvgIpc) is 3.37. The second-order valence-electron chi connectivity index (χ2n) is 9.25. The third kappa shape index (κ3) is 4.82. The van der Waals surface area contributed by atoms with E-state index in [4.69, 9.17) is 4.98 Å². The molecule has 0 aromatic carbocycles. The van der Waals surface area contributed by atoms with Crippen LogP contribution in [0.2, 0.25) is 0 Å². The Labute approximate surface area is 195 Å². The summed E-state index contributed by atoms with van der Waals surface area (Å²) in [6, 6.07) is 8.12. The van der Waals surface area contributed by atoms with E-state index in [-0.39, 0.29) is 11.8 Å². The largest absolute Gasteiger partial charge is 0.356 e. The molecule has 5 rings (SSSR count). The fourth-order valence-corrected chi connectivity index (χ4v) is 5.20. The third-order valence-electron chi connectivity index (χ3n) is 7.17. The van der Waals surface area contributed by atoms with Gasteiger partial charge >= 0.3 is 0 Å². The molecule has 2 saturated heterocycles. The molecule has 1 N–H and O–H groups in total. The number of hydrogen-bond acceptors (Lipinski definition) is 6. The van der Waals surface area contributed by atoms with E-state index in [1.54, 1.807) is 6.20 Å². The Hall–Kier alpha value is -2.71. The fraction of sp³-hybridized carbons (Fsp3) is 0.560. The predicted octanol–water partition coefficient (Wildman–Crippen LogP) is 2.24. The van der Waals surface area contributed by atoms with Crippen molar-refractivity contribution >= 4 is 28.4 Å². The molecular formula is C25H35N7O. The van der Waals surface area contributed by atoms with Crippen LogP contribution in [0.25, 0.3) is 16.7 Å². The number of aromatic nitrogens is 3. The van der Waals surface area contributed by atoms with Gasteiger partial charge in [0, 0.05) is 58.2 Å². The normalized spacial score (nSPS) is 20.5. The molecule has 8 heteroatoms. The van der Waals surface area contributed by atoms with Crippen molar-refractivity contribution in [3.05, 3.63) is 36.7 Å². The molecule has 2 aliphatic rings. The zero-order valence-corrected chi connectivity index (χ0v) is 19.6. The molecule has 2 aliphatic heterocycles. The van der Waals surface area contributed by atoms with Gasteiger partial charge in [-0.1, -0.05) is 6.92 Å². The van der Waals surface area contributed by atoms with Gasteiger partial charge in [-0.15, -0.1) is 0 Å². The minimum Gasteiger partial charge on any atom is -0.356 e. The molecule has 1 amide bonds. The van der Waals surface area contributed by atoms with Crippen molar-refractivity contribution in [3.8, 4) is 0 Å². The van der Waals surface area contributed by atoms with Gasteiger partial charge in [0.2, 0.25) is 5.91 Å². The van der Waals surface area contributed by atoms with Crippen LogP contribution >= 0.6 is 0 Å². The monoisotopic (exact) mass is 449 g/mol. The number of likely N-dealkylation sites (N-methyl/N-ethyl adjacent to an activating group) is 1. The molecule has 0 aliphatic carbocycles. The van der Waals surface area contributed by atoms with Gasteiger partial charge in [0.05, 0.1) is 17.0 Å². The van der Waals surface area contributed by atoms with Gasteiger partial charge in [-0.2, -0.15) is 0 Å². The van der Waals surface area contributed by atoms with E-state index in [0.29, 0.717) is 6.54 Å². The SMILES string of the molecule is CCN1CCN(CCCNC(=O)C2CCCN(c3nc4ncccc4n4cccc34)C2)CC1. The lowest BCUT2D eigenvalue weighted by Crippen LogP contribution is -2.47. The summed E-state index contributed by atoms with van der Waals surface area (Å²) in [5, 5.41) is 3.21. The number of piperidine rings is 1. The highest BCUT2D eigenvalue weighted by Crippen LogP contribution is 2.28. The standard InChI is InChI=1S/C25H35N7O/c1-2-29-15-17-30(18-16-29)12-6-11-27-25(33)20-7-4-13-31(19-20)24-22-9-5-14-32(22)21-8-3-10-26-23(21)28-24/h3,5,8-10,14,20H,2,4,6-7,11-13,15-19H2,1H3,(H,27,33). The summed E-state index contributed by atoms with van der Waals surface area (Å²) in [5.41, 5.74) is 2.81. The summed E-state index contributed by atoms with van der Waals surface area (Å²) in [7, 11) is 0. The van der Waals surface area contributed by atoms with Crippen molar-refractivity contribution in [1.82, 2.24) is 29.5 Å². The summed E-state index contributed by atoms with van der Waals surface area (Å²) in [6.45, 7) is 11.4. The molecule has 3 aromatic rings. The number of hydrogen-bond donors (Lipinski definition) is 1. The Balaban J connectivity index is 1.17. The predicted molar refractivity (Wildman–Crippen MR) is 132 cm³/mol. The van der Waals surface area contributed by atoms with Crippen molar-refractivity contribution in [3.63, 3.8) is 0 Å². The number of fused-ring (bicyclic) bond motifs is 3. The molecular weight excluding hydrogens is 414 g/mol. The van der Waals surface area contributed by atoms with Gasteiger partial charge in [0.25, 0.3) is 0 Å². The van der Waals surface area contributed by atoms with Crippen LogP contribution in [-0.4, -0.2) is 89.0 Å². The molecule has 0 radical (unpaired) electrons. The first-order chi connectivity index (χ1) is 16.2. The number of carbonyl (C=O) groups is 1. The van der Waals surface area contributed by atoms with E-state index in [9.17, 15) is 4.79 Å². The lowest BCUT2D eigenvalue weighted by molar-refractivity contribution is -0.125. The minimum absolute atomic E-state index is 0.00286. The Bertz CT molecular complexity index is 1090. The molecule has 5 heterocycles. The van der Waals surface area contributed by atoms with Crippen LogP contribution in [0.4, 0.5) is 5.82 Å². The number of nitrogens with one attached hydrogen (secondary N) is 1. The van der Waals surface area contributed by atoms with E-state index < -0.39 is 0 Å². The van der Waals surface area contributed by atoms with E-state index in [0.717, 1.165) is 94.1 Å². The first-order valence-corrected chi connectivity index (χ1v) is 12.4. The molecule has 8 nitrogen and oxygen atoms in total. The molecule has 0 saturated carbocycles. The number of piperazine rings is 1. The second-order valence-corrected chi connectivity index (χ2v) is 9.25. The smallest absolute Gasteiger partial charge is 0.224 e. The van der Waals surface area contributed by atoms with Crippen LogP contribution in [-0.2, 0) is 4.79 Å². The van der Waals surface area contributed by atoms with Gasteiger partial charge in [-0.05, 0) is 56.6 Å². The highest BCUT2D eigenvalue weighted by atomic mass is 16.1. The van der Waals surface area contributed by atoms with Crippen molar-refractivity contribution < 1.29 is 4.79 Å². The fourth-order valence-electron chi connectivity index (χ4n) is 5.20. The number of carbonyl (C=O) groups excluding carboxylic acids is 1. The summed E-state index contributed by atoms with van der Waals surface area (Å²) < 4.78 is 2.15. The van der Waals surface area contributed by atoms with Crippen LogP contribution in [0.15, 0.2) is 36.7 Å². The highest BCUT2D eigenvalue weighted by molar-refractivity contribution is 5.84. The Morgan fingerprint density at radius 2 is 1.91 bits per heavy atom. The number of nitrogens with zero attached hydrogens (tertiary/aromatic N) is 6. The van der Waals surface area contributed by atoms with Crippen LogP contribution in [0.3, 0.4) is 0 Å². The second kappa shape index (κ2) is 10.1. The van der Waals surface area contributed by atoms with E-state index in [1.165, 1.54) is 0 Å². The molecule has 1 unspecified atom stereocenters. The average molecular weight is 450 g/mol. The maximum Gasteiger partial charge on any atom is 0.224 e. The number of rotatable bonds is 7. The van der Waals surface area contributed by atoms with Crippen molar-refractivity contribution in [2.75, 3.05) is 63.8 Å². The topological polar surface area (TPSA) is 69.0 Å². The zero-order chi connectivity index (χ0) is 22.6. The molecule has 3 aromatic heterocycles. The third-order valence-corrected chi connectivity index (χ3v) is 7.17. The quantitative estimate of drug-likeness (QED) is 0.558. The Morgan fingerprint density at radius 1 is 1.09 bits per heavy atom. The first kappa shape index (κ1) is 22.1. The van der Waals surface area contributed by atoms with Gasteiger partial charge in [-0.3, -0.25) is 4.79 Å². The first-order valence-electron chi connectivity index (χ1n) is 12.4. The van der Waals surface area contributed by atoms with Gasteiger partial charge in [0.1, 0.15) is 0 Å². The maximum absolute atomic E-state index is 12.9. The Morgan fingerprint density at radius 3 is 2.76 bits per heavy atom. The minimum atomic E-state index is 0.00286. The van der Waals surface area contributed by atoms with Crippen LogP contribution in [0.5, 0.6) is 0 Å². The summed E-state index contributed by atoms with van der Waals surface area (Å²) >= 11 is 0. The van der Waals surface area contributed by atoms with Gasteiger partial charge < -0.3 is 24.4 Å². The Kier molecular flexibility index (Phi) is 6.73. The molecule has 0 bridgehead atoms. The van der Waals surface area contributed by atoms with Gasteiger partial charge in [-0.25, -0.2) is 9.97 Å². The number of pyridine rings is 1. The molecule has 1 atom stereocenters. The molecule has 176 valence electrons. The van der Waals surface area contributed by atoms with E-state index in [2.05, 4.69) is 48.6 Å². The van der Waals surface area contributed by atoms with Crippen molar-refractivity contribution in [2.45, 2.75) is 26.2 Å². The summed E-state index contributed by atoms with van der Waals surface area (Å²) in [4.78, 5) is 29.6. The van der Waals surface area contributed by atoms with Crippen LogP contribution in [0.1, 0.15) is 26.2 Å². The molecule has 2 fully saturated rings. The highest BCUT2D eigenvalue weighted by Gasteiger charge is 2.28. The number of amides is 1. The van der Waals surface area contributed by atoms with Crippen LogP contribution < -0.4 is 10.2 Å². The van der Waals surface area contributed by atoms with Crippen molar-refractivity contribution in [2.24, 2.45) is 5.92 Å².